The van der Waals surface area contributed by atoms with Gasteiger partial charge in [-0.25, -0.2) is 14.6 Å². The Kier molecular flexibility index (Phi) is 13.7. The van der Waals surface area contributed by atoms with Crippen molar-refractivity contribution in [3.05, 3.63) is 138 Å². The van der Waals surface area contributed by atoms with E-state index in [-0.39, 0.29) is 38.4 Å². The van der Waals surface area contributed by atoms with Gasteiger partial charge in [-0.1, -0.05) is 117 Å². The van der Waals surface area contributed by atoms with Crippen LogP contribution < -0.4 is 16.0 Å². The number of fused-ring (bicyclic) bond motifs is 1. The largest absolute Gasteiger partial charge is 0.459 e. The lowest BCUT2D eigenvalue weighted by atomic mass is 9.97. The van der Waals surface area contributed by atoms with Crippen molar-refractivity contribution in [3.63, 3.8) is 0 Å². The average Bonchev–Trinajstić information content (AvgIpc) is 3.69. The van der Waals surface area contributed by atoms with Crippen LogP contribution in [0.3, 0.4) is 0 Å². The highest BCUT2D eigenvalue weighted by Gasteiger charge is 2.34. The van der Waals surface area contributed by atoms with E-state index in [0.717, 1.165) is 27.5 Å². The Morgan fingerprint density at radius 3 is 1.98 bits per heavy atom. The Hall–Kier alpha value is -6.01. The SMILES string of the molecule is CC(C)CC(NC(=O)[C@@H](Cc1c[nH]cn1)NC(=O)[C@H](Cc1cccc2ccccc12)NC(=O)OCc1ccccc1)C(O)C(=O)OCc1ccccc1. The number of H-pyrrole nitrogens is 1. The summed E-state index contributed by atoms with van der Waals surface area (Å²) >= 11 is 0. The van der Waals surface area contributed by atoms with Crippen LogP contribution in [-0.2, 0) is 49.9 Å². The number of nitrogens with one attached hydrogen (secondary N) is 4. The maximum Gasteiger partial charge on any atom is 0.408 e. The van der Waals surface area contributed by atoms with Gasteiger partial charge in [0.2, 0.25) is 11.8 Å². The molecule has 0 aliphatic rings. The van der Waals surface area contributed by atoms with Gasteiger partial charge in [0.05, 0.1) is 18.1 Å². The van der Waals surface area contributed by atoms with Crippen molar-refractivity contribution in [2.45, 2.75) is 70.6 Å². The molecule has 1 aromatic heterocycles. The monoisotopic (exact) mass is 719 g/mol. The number of carbonyl (C=O) groups excluding carboxylic acids is 4. The van der Waals surface area contributed by atoms with E-state index in [0.29, 0.717) is 5.69 Å². The molecule has 0 saturated carbocycles. The van der Waals surface area contributed by atoms with Crippen LogP contribution >= 0.6 is 0 Å². The van der Waals surface area contributed by atoms with Crippen molar-refractivity contribution in [2.24, 2.45) is 5.92 Å². The minimum absolute atomic E-state index is 0.00712. The molecule has 1 heterocycles. The number of aliphatic hydroxyl groups is 1. The van der Waals surface area contributed by atoms with E-state index < -0.39 is 48.1 Å². The van der Waals surface area contributed by atoms with E-state index >= 15 is 0 Å². The number of aromatic amines is 1. The van der Waals surface area contributed by atoms with E-state index in [2.05, 4.69) is 25.9 Å². The zero-order valence-corrected chi connectivity index (χ0v) is 29.7. The molecule has 4 aromatic carbocycles. The smallest absolute Gasteiger partial charge is 0.408 e. The Morgan fingerprint density at radius 2 is 1.32 bits per heavy atom. The van der Waals surface area contributed by atoms with Gasteiger partial charge in [0.15, 0.2) is 6.10 Å². The van der Waals surface area contributed by atoms with Crippen molar-refractivity contribution in [1.82, 2.24) is 25.9 Å². The number of rotatable bonds is 17. The Bertz CT molecular complexity index is 1930. The minimum atomic E-state index is -1.67. The number of aromatic nitrogens is 2. The second-order valence-corrected chi connectivity index (χ2v) is 13.2. The van der Waals surface area contributed by atoms with Gasteiger partial charge in [0, 0.05) is 19.0 Å². The summed E-state index contributed by atoms with van der Waals surface area (Å²) in [5.74, 6) is -2.21. The molecule has 12 heteroatoms. The molecule has 276 valence electrons. The van der Waals surface area contributed by atoms with E-state index in [1.54, 1.807) is 18.3 Å². The van der Waals surface area contributed by atoms with Crippen LogP contribution in [0, 0.1) is 5.92 Å². The predicted molar refractivity (Wildman–Crippen MR) is 199 cm³/mol. The topological polar surface area (TPSA) is 172 Å². The molecule has 2 unspecified atom stereocenters. The number of imidazole rings is 1. The number of esters is 1. The second kappa shape index (κ2) is 19.0. The maximum absolute atomic E-state index is 14.1. The number of amides is 3. The van der Waals surface area contributed by atoms with Gasteiger partial charge in [0.25, 0.3) is 0 Å². The number of carbonyl (C=O) groups is 4. The molecule has 12 nitrogen and oxygen atoms in total. The first-order valence-electron chi connectivity index (χ1n) is 17.6. The van der Waals surface area contributed by atoms with Gasteiger partial charge >= 0.3 is 12.1 Å². The predicted octanol–water partition coefficient (Wildman–Crippen LogP) is 4.76. The van der Waals surface area contributed by atoms with Gasteiger partial charge < -0.3 is 35.5 Å². The van der Waals surface area contributed by atoms with Gasteiger partial charge in [-0.15, -0.1) is 0 Å². The van der Waals surface area contributed by atoms with Crippen LogP contribution in [0.4, 0.5) is 4.79 Å². The van der Waals surface area contributed by atoms with E-state index in [9.17, 15) is 24.3 Å². The van der Waals surface area contributed by atoms with E-state index in [1.807, 2.05) is 105 Å². The first kappa shape index (κ1) is 38.2. The highest BCUT2D eigenvalue weighted by molar-refractivity contribution is 5.93. The molecule has 0 aliphatic heterocycles. The fraction of sp³-hybridized carbons (Fsp3) is 0.293. The summed E-state index contributed by atoms with van der Waals surface area (Å²) in [5.41, 5.74) is 2.80. The summed E-state index contributed by atoms with van der Waals surface area (Å²) < 4.78 is 10.8. The Labute approximate surface area is 308 Å². The molecular formula is C41H45N5O7. The number of benzene rings is 4. The third kappa shape index (κ3) is 11.5. The lowest BCUT2D eigenvalue weighted by Gasteiger charge is -2.28. The molecule has 3 amide bonds. The number of aliphatic hydroxyl groups excluding tert-OH is 1. The minimum Gasteiger partial charge on any atom is -0.459 e. The third-order valence-electron chi connectivity index (χ3n) is 8.63. The normalized spacial score (nSPS) is 13.4. The zero-order chi connectivity index (χ0) is 37.6. The fourth-order valence-electron chi connectivity index (χ4n) is 5.94. The molecule has 0 radical (unpaired) electrons. The van der Waals surface area contributed by atoms with Crippen molar-refractivity contribution < 1.29 is 33.8 Å². The molecule has 5 rings (SSSR count). The highest BCUT2D eigenvalue weighted by atomic mass is 16.6. The lowest BCUT2D eigenvalue weighted by Crippen LogP contribution is -2.58. The lowest BCUT2D eigenvalue weighted by molar-refractivity contribution is -0.157. The van der Waals surface area contributed by atoms with Crippen LogP contribution in [0.1, 0.15) is 42.7 Å². The number of hydrogen-bond acceptors (Lipinski definition) is 8. The average molecular weight is 720 g/mol. The van der Waals surface area contributed by atoms with Crippen molar-refractivity contribution in [1.29, 1.82) is 0 Å². The molecule has 5 N–H and O–H groups in total. The van der Waals surface area contributed by atoms with Crippen molar-refractivity contribution in [2.75, 3.05) is 0 Å². The molecule has 0 spiro atoms. The molecule has 5 aromatic rings. The third-order valence-corrected chi connectivity index (χ3v) is 8.63. The fourth-order valence-corrected chi connectivity index (χ4v) is 5.94. The van der Waals surface area contributed by atoms with E-state index in [1.165, 1.54) is 6.33 Å². The van der Waals surface area contributed by atoms with Crippen molar-refractivity contribution >= 4 is 34.6 Å². The van der Waals surface area contributed by atoms with E-state index in [4.69, 9.17) is 9.47 Å². The number of alkyl carbamates (subject to hydrolysis) is 1. The summed E-state index contributed by atoms with van der Waals surface area (Å²) in [5, 5.41) is 21.2. The molecule has 0 aliphatic carbocycles. The van der Waals surface area contributed by atoms with Gasteiger partial charge in [-0.3, -0.25) is 9.59 Å². The molecule has 4 atom stereocenters. The van der Waals surface area contributed by atoms with Crippen LogP contribution in [0.5, 0.6) is 0 Å². The van der Waals surface area contributed by atoms with Crippen molar-refractivity contribution in [3.8, 4) is 0 Å². The number of nitrogens with zero attached hydrogens (tertiary/aromatic N) is 1. The van der Waals surface area contributed by atoms with Gasteiger partial charge in [0.1, 0.15) is 25.3 Å². The first-order chi connectivity index (χ1) is 25.7. The van der Waals surface area contributed by atoms with Gasteiger partial charge in [-0.05, 0) is 39.8 Å². The maximum atomic E-state index is 14.1. The molecule has 0 saturated heterocycles. The highest BCUT2D eigenvalue weighted by Crippen LogP contribution is 2.20. The Morgan fingerprint density at radius 1 is 0.717 bits per heavy atom. The summed E-state index contributed by atoms with van der Waals surface area (Å²) in [6.07, 6.45) is 0.877. The summed E-state index contributed by atoms with van der Waals surface area (Å²) in [6, 6.07) is 28.2. The zero-order valence-electron chi connectivity index (χ0n) is 29.7. The van der Waals surface area contributed by atoms with Crippen LogP contribution in [0.15, 0.2) is 116 Å². The summed E-state index contributed by atoms with van der Waals surface area (Å²) in [4.78, 5) is 61.3. The quantitative estimate of drug-likeness (QED) is 0.0857. The van der Waals surface area contributed by atoms with Crippen LogP contribution in [0.2, 0.25) is 0 Å². The molecule has 0 bridgehead atoms. The van der Waals surface area contributed by atoms with Crippen LogP contribution in [-0.4, -0.2) is 63.2 Å². The molecule has 53 heavy (non-hydrogen) atoms. The first-order valence-corrected chi connectivity index (χ1v) is 17.6. The second-order valence-electron chi connectivity index (χ2n) is 13.2. The molecule has 0 fully saturated rings. The number of ether oxygens (including phenoxy) is 2. The number of hydrogen-bond donors (Lipinski definition) is 5. The standard InChI is InChI=1S/C41H45N5O7/c1-27(2)20-34(37(47)40(50)52-24-28-12-5-3-6-13-28)44-39(49)36(22-32-23-42-26-43-32)45-38(48)35(46-41(51)53-25-29-14-7-4-8-15-29)21-31-18-11-17-30-16-9-10-19-33(30)31/h3-19,23,26-27,34-37,47H,20-22,24-25H2,1-2H3,(H,42,43)(H,44,49)(H,45,48)(H,46,51)/t34?,35-,36+,37?/m0/s1. The summed E-state index contributed by atoms with van der Waals surface area (Å²) in [7, 11) is 0. The Balaban J connectivity index is 1.35. The van der Waals surface area contributed by atoms with Crippen LogP contribution in [0.25, 0.3) is 10.8 Å². The molecular weight excluding hydrogens is 674 g/mol. The van der Waals surface area contributed by atoms with Gasteiger partial charge in [-0.2, -0.15) is 0 Å². The summed E-state index contributed by atoms with van der Waals surface area (Å²) in [6.45, 7) is 3.73.